The van der Waals surface area contributed by atoms with Gasteiger partial charge in [-0.25, -0.2) is 9.50 Å². The zero-order chi connectivity index (χ0) is 21.4. The van der Waals surface area contributed by atoms with Gasteiger partial charge >= 0.3 is 0 Å². The molecular formula is C23H25N5O3. The van der Waals surface area contributed by atoms with Gasteiger partial charge in [0.05, 0.1) is 37.5 Å². The van der Waals surface area contributed by atoms with E-state index in [9.17, 15) is 0 Å². The van der Waals surface area contributed by atoms with Crippen LogP contribution in [0.25, 0.3) is 5.65 Å². The third-order valence-corrected chi connectivity index (χ3v) is 5.76. The highest BCUT2D eigenvalue weighted by atomic mass is 16.5. The Bertz CT molecular complexity index is 1200. The van der Waals surface area contributed by atoms with Gasteiger partial charge in [-0.1, -0.05) is 0 Å². The van der Waals surface area contributed by atoms with Crippen molar-refractivity contribution in [3.63, 3.8) is 0 Å². The van der Waals surface area contributed by atoms with E-state index < -0.39 is 0 Å². The summed E-state index contributed by atoms with van der Waals surface area (Å²) in [5, 5.41) is 4.41. The van der Waals surface area contributed by atoms with Gasteiger partial charge in [0.2, 0.25) is 5.88 Å². The van der Waals surface area contributed by atoms with Gasteiger partial charge in [0, 0.05) is 43.0 Å². The first kappa shape index (κ1) is 19.5. The quantitative estimate of drug-likeness (QED) is 0.430. The van der Waals surface area contributed by atoms with Crippen LogP contribution >= 0.6 is 0 Å². The molecule has 0 unspecified atom stereocenters. The van der Waals surface area contributed by atoms with E-state index in [1.165, 1.54) is 0 Å². The van der Waals surface area contributed by atoms with Crippen molar-refractivity contribution in [1.82, 2.24) is 24.6 Å². The summed E-state index contributed by atoms with van der Waals surface area (Å²) in [5.41, 5.74) is 3.84. The van der Waals surface area contributed by atoms with Crippen LogP contribution in [-0.4, -0.2) is 38.3 Å². The number of aryl methyl sites for hydroxylation is 4. The van der Waals surface area contributed by atoms with Crippen LogP contribution in [0, 0.1) is 19.8 Å². The second-order valence-electron chi connectivity index (χ2n) is 7.96. The number of rotatable bonds is 8. The Morgan fingerprint density at radius 3 is 2.81 bits per heavy atom. The number of ether oxygens (including phenoxy) is 2. The Morgan fingerprint density at radius 1 is 1.16 bits per heavy atom. The second-order valence-corrected chi connectivity index (χ2v) is 7.96. The van der Waals surface area contributed by atoms with Gasteiger partial charge in [-0.3, -0.25) is 4.98 Å². The van der Waals surface area contributed by atoms with Crippen molar-refractivity contribution >= 4 is 5.65 Å². The molecular weight excluding hydrogens is 394 g/mol. The molecule has 0 aromatic carbocycles. The van der Waals surface area contributed by atoms with E-state index in [1.54, 1.807) is 19.5 Å². The Kier molecular flexibility index (Phi) is 5.05. The molecule has 4 aromatic rings. The highest BCUT2D eigenvalue weighted by Crippen LogP contribution is 2.46. The predicted octanol–water partition coefficient (Wildman–Crippen LogP) is 3.71. The third kappa shape index (κ3) is 4.10. The van der Waals surface area contributed by atoms with Gasteiger partial charge < -0.3 is 13.9 Å². The van der Waals surface area contributed by atoms with Crippen LogP contribution in [0.2, 0.25) is 0 Å². The van der Waals surface area contributed by atoms with Gasteiger partial charge in [0.15, 0.2) is 11.5 Å². The van der Waals surface area contributed by atoms with Crippen LogP contribution in [0.5, 0.6) is 11.6 Å². The van der Waals surface area contributed by atoms with E-state index in [0.29, 0.717) is 30.2 Å². The Morgan fingerprint density at radius 2 is 2.06 bits per heavy atom. The lowest BCUT2D eigenvalue weighted by atomic mass is 10.2. The highest BCUT2D eigenvalue weighted by Gasteiger charge is 2.40. The second kappa shape index (κ2) is 8.02. The van der Waals surface area contributed by atoms with E-state index in [1.807, 2.05) is 42.6 Å². The van der Waals surface area contributed by atoms with E-state index in [-0.39, 0.29) is 0 Å². The Balaban J connectivity index is 1.25. The molecule has 0 saturated heterocycles. The van der Waals surface area contributed by atoms with Gasteiger partial charge in [-0.15, -0.1) is 0 Å². The number of aromatic nitrogens is 5. The van der Waals surface area contributed by atoms with E-state index in [2.05, 4.69) is 20.1 Å². The largest absolute Gasteiger partial charge is 0.495 e. The van der Waals surface area contributed by atoms with Crippen LogP contribution in [0.1, 0.15) is 41.1 Å². The molecule has 4 heterocycles. The van der Waals surface area contributed by atoms with Gasteiger partial charge in [0.1, 0.15) is 11.5 Å². The maximum absolute atomic E-state index is 6.08. The zero-order valence-corrected chi connectivity index (χ0v) is 17.9. The fraction of sp³-hybridized carbons (Fsp3) is 0.391. The molecule has 0 spiro atoms. The van der Waals surface area contributed by atoms with Crippen LogP contribution in [0.4, 0.5) is 0 Å². The smallest absolute Gasteiger partial charge is 0.217 e. The fourth-order valence-corrected chi connectivity index (χ4v) is 3.97. The molecule has 4 aromatic heterocycles. The van der Waals surface area contributed by atoms with Gasteiger partial charge in [0.25, 0.3) is 0 Å². The average molecular weight is 419 g/mol. The number of oxazole rings is 1. The summed E-state index contributed by atoms with van der Waals surface area (Å²) in [7, 11) is 1.65. The topological polar surface area (TPSA) is 87.6 Å². The van der Waals surface area contributed by atoms with E-state index in [0.717, 1.165) is 53.5 Å². The normalized spacial score (nSPS) is 17.8. The summed E-state index contributed by atoms with van der Waals surface area (Å²) >= 11 is 0. The lowest BCUT2D eigenvalue weighted by Crippen LogP contribution is -2.07. The summed E-state index contributed by atoms with van der Waals surface area (Å²) in [6, 6.07) is 7.85. The molecule has 0 aliphatic heterocycles. The number of nitrogens with zero attached hydrogens (tertiary/aromatic N) is 5. The summed E-state index contributed by atoms with van der Waals surface area (Å²) in [5.74, 6) is 3.89. The lowest BCUT2D eigenvalue weighted by Gasteiger charge is -2.09. The maximum Gasteiger partial charge on any atom is 0.217 e. The molecule has 1 aliphatic rings. The first-order valence-electron chi connectivity index (χ1n) is 10.5. The summed E-state index contributed by atoms with van der Waals surface area (Å²) in [6.45, 7) is 4.46. The molecule has 2 atom stereocenters. The minimum absolute atomic E-state index is 0.432. The first-order valence-corrected chi connectivity index (χ1v) is 10.5. The minimum Gasteiger partial charge on any atom is -0.495 e. The Hall–Kier alpha value is -3.42. The highest BCUT2D eigenvalue weighted by molar-refractivity contribution is 5.41. The van der Waals surface area contributed by atoms with Crippen molar-refractivity contribution in [1.29, 1.82) is 0 Å². The SMILES string of the molecule is COc1ccc([C@H]2C[C@@H]2COc2cc(CCc3oc(C)nc3C)n3nccc3n2)nc1. The number of hydrogen-bond acceptors (Lipinski definition) is 7. The molecule has 0 amide bonds. The van der Waals surface area contributed by atoms with Crippen LogP contribution < -0.4 is 9.47 Å². The summed E-state index contributed by atoms with van der Waals surface area (Å²) < 4.78 is 18.8. The number of hydrogen-bond donors (Lipinski definition) is 0. The number of methoxy groups -OCH3 is 1. The minimum atomic E-state index is 0.432. The third-order valence-electron chi connectivity index (χ3n) is 5.76. The average Bonchev–Trinajstić information content (AvgIpc) is 3.26. The van der Waals surface area contributed by atoms with Crippen LogP contribution in [0.3, 0.4) is 0 Å². The molecule has 1 aliphatic carbocycles. The molecule has 1 saturated carbocycles. The summed E-state index contributed by atoms with van der Waals surface area (Å²) in [4.78, 5) is 13.5. The van der Waals surface area contributed by atoms with Crippen LogP contribution in [0.15, 0.2) is 41.1 Å². The molecule has 0 N–H and O–H groups in total. The van der Waals surface area contributed by atoms with Crippen molar-refractivity contribution in [2.75, 3.05) is 13.7 Å². The molecule has 8 nitrogen and oxygen atoms in total. The molecule has 8 heteroatoms. The summed E-state index contributed by atoms with van der Waals surface area (Å²) in [6.07, 6.45) is 6.11. The first-order chi connectivity index (χ1) is 15.1. The van der Waals surface area contributed by atoms with Crippen molar-refractivity contribution in [3.05, 3.63) is 65.4 Å². The molecule has 31 heavy (non-hydrogen) atoms. The standard InChI is InChI=1S/C23H25N5O3/c1-14-21(31-15(2)26-14)7-4-17-11-23(27-22-8-9-25-28(17)22)30-13-16-10-19(16)20-6-5-18(29-3)12-24-20/h5-6,8-9,11-12,16,19H,4,7,10,13H2,1-3H3/t16-,19+/m1/s1. The molecule has 0 bridgehead atoms. The van der Waals surface area contributed by atoms with E-state index in [4.69, 9.17) is 13.9 Å². The van der Waals surface area contributed by atoms with E-state index >= 15 is 0 Å². The fourth-order valence-electron chi connectivity index (χ4n) is 3.97. The maximum atomic E-state index is 6.08. The molecule has 5 rings (SSSR count). The number of pyridine rings is 1. The molecule has 1 fully saturated rings. The predicted molar refractivity (Wildman–Crippen MR) is 114 cm³/mol. The van der Waals surface area contributed by atoms with Crippen molar-refractivity contribution in [2.45, 2.75) is 39.0 Å². The number of fused-ring (bicyclic) bond motifs is 1. The molecule has 160 valence electrons. The Labute approximate surface area is 180 Å². The zero-order valence-electron chi connectivity index (χ0n) is 17.9. The lowest BCUT2D eigenvalue weighted by molar-refractivity contribution is 0.285. The van der Waals surface area contributed by atoms with Gasteiger partial charge in [-0.05, 0) is 31.9 Å². The molecule has 0 radical (unpaired) electrons. The van der Waals surface area contributed by atoms with Crippen molar-refractivity contribution in [2.24, 2.45) is 5.92 Å². The van der Waals surface area contributed by atoms with Crippen molar-refractivity contribution < 1.29 is 13.9 Å². The monoisotopic (exact) mass is 419 g/mol. The van der Waals surface area contributed by atoms with Crippen molar-refractivity contribution in [3.8, 4) is 11.6 Å². The van der Waals surface area contributed by atoms with Gasteiger partial charge in [-0.2, -0.15) is 10.1 Å². The van der Waals surface area contributed by atoms with Crippen LogP contribution in [-0.2, 0) is 12.8 Å².